The number of hydrogen-bond donors (Lipinski definition) is 1. The van der Waals surface area contributed by atoms with Gasteiger partial charge >= 0.3 is 0 Å². The van der Waals surface area contributed by atoms with Crippen molar-refractivity contribution in [1.82, 2.24) is 25.0 Å². The quantitative estimate of drug-likeness (QED) is 0.505. The lowest BCUT2D eigenvalue weighted by Gasteiger charge is -2.15. The summed E-state index contributed by atoms with van der Waals surface area (Å²) in [6.07, 6.45) is 1.71. The Morgan fingerprint density at radius 1 is 1.10 bits per heavy atom. The number of amides is 1. The first-order valence-corrected chi connectivity index (χ1v) is 9.89. The molecular weight excluding hydrogens is 397 g/mol. The predicted octanol–water partition coefficient (Wildman–Crippen LogP) is 4.23. The van der Waals surface area contributed by atoms with Crippen molar-refractivity contribution in [3.63, 3.8) is 0 Å². The first kappa shape index (κ1) is 20.5. The fourth-order valence-corrected chi connectivity index (χ4v) is 3.19. The number of carbonyl (C=O) groups excluding carboxylic acids is 1. The largest absolute Gasteiger partial charge is 0.348 e. The second-order valence-corrected chi connectivity index (χ2v) is 7.43. The van der Waals surface area contributed by atoms with E-state index >= 15 is 0 Å². The molecule has 2 heterocycles. The van der Waals surface area contributed by atoms with Crippen LogP contribution >= 0.6 is 0 Å². The summed E-state index contributed by atoms with van der Waals surface area (Å²) in [5.41, 5.74) is 3.32. The van der Waals surface area contributed by atoms with Gasteiger partial charge in [0.1, 0.15) is 23.9 Å². The Balaban J connectivity index is 1.44. The summed E-state index contributed by atoms with van der Waals surface area (Å²) in [5, 5.41) is 6.96. The summed E-state index contributed by atoms with van der Waals surface area (Å²) >= 11 is 0. The molecule has 0 saturated heterocycles. The fourth-order valence-electron chi connectivity index (χ4n) is 3.19. The zero-order valence-electron chi connectivity index (χ0n) is 17.5. The summed E-state index contributed by atoms with van der Waals surface area (Å²) < 4.78 is 20.1. The molecule has 0 aliphatic carbocycles. The van der Waals surface area contributed by atoms with Crippen molar-refractivity contribution >= 4 is 5.91 Å². The van der Waals surface area contributed by atoms with Gasteiger partial charge in [-0.2, -0.15) is 4.98 Å². The third-order valence-corrected chi connectivity index (χ3v) is 4.99. The Morgan fingerprint density at radius 3 is 2.52 bits per heavy atom. The van der Waals surface area contributed by atoms with Crippen LogP contribution in [0.4, 0.5) is 4.39 Å². The highest BCUT2D eigenvalue weighted by Crippen LogP contribution is 2.22. The summed E-state index contributed by atoms with van der Waals surface area (Å²) in [6, 6.07) is 13.7. The molecule has 2 aromatic carbocycles. The topological polar surface area (TPSA) is 85.8 Å². The van der Waals surface area contributed by atoms with Gasteiger partial charge in [-0.3, -0.25) is 4.79 Å². The molecule has 0 spiro atoms. The molecule has 0 bridgehead atoms. The second-order valence-electron chi connectivity index (χ2n) is 7.43. The molecule has 0 saturated carbocycles. The third-order valence-electron chi connectivity index (χ3n) is 4.99. The molecule has 0 fully saturated rings. The van der Waals surface area contributed by atoms with Crippen molar-refractivity contribution in [2.75, 3.05) is 0 Å². The zero-order chi connectivity index (χ0) is 22.0. The molecule has 1 N–H and O–H groups in total. The van der Waals surface area contributed by atoms with E-state index in [0.29, 0.717) is 22.9 Å². The van der Waals surface area contributed by atoms with Gasteiger partial charge in [0.25, 0.3) is 5.89 Å². The van der Waals surface area contributed by atoms with Gasteiger partial charge in [0, 0.05) is 11.8 Å². The van der Waals surface area contributed by atoms with E-state index in [0.717, 1.165) is 5.56 Å². The van der Waals surface area contributed by atoms with Crippen LogP contribution in [0.15, 0.2) is 59.3 Å². The van der Waals surface area contributed by atoms with Gasteiger partial charge in [0.15, 0.2) is 0 Å². The summed E-state index contributed by atoms with van der Waals surface area (Å²) in [7, 11) is 0. The van der Waals surface area contributed by atoms with E-state index in [1.165, 1.54) is 17.7 Å². The van der Waals surface area contributed by atoms with Crippen molar-refractivity contribution in [1.29, 1.82) is 0 Å². The van der Waals surface area contributed by atoms with Gasteiger partial charge < -0.3 is 14.4 Å². The predicted molar refractivity (Wildman–Crippen MR) is 113 cm³/mol. The van der Waals surface area contributed by atoms with Crippen molar-refractivity contribution in [3.05, 3.63) is 77.5 Å². The van der Waals surface area contributed by atoms with Crippen LogP contribution in [-0.4, -0.2) is 25.6 Å². The van der Waals surface area contributed by atoms with E-state index in [4.69, 9.17) is 4.52 Å². The molecule has 31 heavy (non-hydrogen) atoms. The molecule has 1 atom stereocenters. The monoisotopic (exact) mass is 419 g/mol. The molecule has 1 unspecified atom stereocenters. The molecule has 0 aliphatic rings. The standard InChI is InChI=1S/C23H22FN5O2/c1-14-4-6-17(7-5-14)15(2)25-21(30)13-29-12-20(26-16(29)3)22-27-23(31-28-22)18-8-10-19(24)11-9-18/h4-12,15H,13H2,1-3H3,(H,25,30). The molecule has 7 nitrogen and oxygen atoms in total. The van der Waals surface area contributed by atoms with E-state index in [-0.39, 0.29) is 30.2 Å². The average molecular weight is 419 g/mol. The van der Waals surface area contributed by atoms with Gasteiger partial charge in [-0.1, -0.05) is 35.0 Å². The maximum atomic E-state index is 13.1. The van der Waals surface area contributed by atoms with Crippen molar-refractivity contribution in [3.8, 4) is 23.0 Å². The molecule has 158 valence electrons. The molecule has 8 heteroatoms. The highest BCUT2D eigenvalue weighted by molar-refractivity contribution is 5.76. The Kier molecular flexibility index (Phi) is 5.62. The van der Waals surface area contributed by atoms with Crippen molar-refractivity contribution in [2.45, 2.75) is 33.4 Å². The number of imidazole rings is 1. The van der Waals surface area contributed by atoms with Crippen LogP contribution in [0.25, 0.3) is 23.0 Å². The molecule has 4 rings (SSSR count). The van der Waals surface area contributed by atoms with E-state index < -0.39 is 0 Å². The number of halogens is 1. The number of nitrogens with one attached hydrogen (secondary N) is 1. The first-order valence-electron chi connectivity index (χ1n) is 9.89. The molecule has 0 aliphatic heterocycles. The molecular formula is C23H22FN5O2. The maximum Gasteiger partial charge on any atom is 0.258 e. The van der Waals surface area contributed by atoms with Crippen LogP contribution in [0.2, 0.25) is 0 Å². The molecule has 4 aromatic rings. The number of aryl methyl sites for hydroxylation is 2. The van der Waals surface area contributed by atoms with Crippen LogP contribution in [0.3, 0.4) is 0 Å². The second kappa shape index (κ2) is 8.51. The smallest absolute Gasteiger partial charge is 0.258 e. The minimum atomic E-state index is -0.340. The lowest BCUT2D eigenvalue weighted by Crippen LogP contribution is -2.30. The van der Waals surface area contributed by atoms with Crippen LogP contribution in [0.5, 0.6) is 0 Å². The minimum absolute atomic E-state index is 0.105. The van der Waals surface area contributed by atoms with Gasteiger partial charge in [-0.05, 0) is 50.6 Å². The highest BCUT2D eigenvalue weighted by Gasteiger charge is 2.17. The lowest BCUT2D eigenvalue weighted by molar-refractivity contribution is -0.122. The first-order chi connectivity index (χ1) is 14.9. The molecule has 1 amide bonds. The van der Waals surface area contributed by atoms with Gasteiger partial charge in [0.05, 0.1) is 6.04 Å². The van der Waals surface area contributed by atoms with E-state index in [2.05, 4.69) is 20.4 Å². The van der Waals surface area contributed by atoms with Gasteiger partial charge in [-0.25, -0.2) is 9.37 Å². The number of carbonyl (C=O) groups is 1. The van der Waals surface area contributed by atoms with Crippen LogP contribution in [-0.2, 0) is 11.3 Å². The summed E-state index contributed by atoms with van der Waals surface area (Å²) in [6.45, 7) is 5.91. The summed E-state index contributed by atoms with van der Waals surface area (Å²) in [5.74, 6) is 0.760. The fraction of sp³-hybridized carbons (Fsp3) is 0.217. The van der Waals surface area contributed by atoms with Gasteiger partial charge in [0.2, 0.25) is 11.7 Å². The van der Waals surface area contributed by atoms with Crippen LogP contribution < -0.4 is 5.32 Å². The number of rotatable bonds is 6. The van der Waals surface area contributed by atoms with Crippen LogP contribution in [0.1, 0.15) is 29.9 Å². The van der Waals surface area contributed by atoms with E-state index in [1.54, 1.807) is 29.8 Å². The van der Waals surface area contributed by atoms with E-state index in [9.17, 15) is 9.18 Å². The van der Waals surface area contributed by atoms with Crippen LogP contribution in [0, 0.1) is 19.7 Å². The average Bonchev–Trinajstić information content (AvgIpc) is 3.36. The Morgan fingerprint density at radius 2 is 1.81 bits per heavy atom. The number of benzene rings is 2. The number of hydrogen-bond acceptors (Lipinski definition) is 5. The Labute approximate surface area is 178 Å². The summed E-state index contributed by atoms with van der Waals surface area (Å²) in [4.78, 5) is 21.3. The number of aromatic nitrogens is 4. The van der Waals surface area contributed by atoms with Crippen molar-refractivity contribution < 1.29 is 13.7 Å². The normalized spacial score (nSPS) is 12.0. The minimum Gasteiger partial charge on any atom is -0.348 e. The van der Waals surface area contributed by atoms with E-state index in [1.807, 2.05) is 38.1 Å². The Hall–Kier alpha value is -3.81. The molecule has 0 radical (unpaired) electrons. The highest BCUT2D eigenvalue weighted by atomic mass is 19.1. The Bertz CT molecular complexity index is 1200. The third kappa shape index (κ3) is 4.69. The van der Waals surface area contributed by atoms with Crippen molar-refractivity contribution in [2.24, 2.45) is 0 Å². The number of nitrogens with zero attached hydrogens (tertiary/aromatic N) is 4. The zero-order valence-corrected chi connectivity index (χ0v) is 17.5. The molecule has 2 aromatic heterocycles. The lowest BCUT2D eigenvalue weighted by atomic mass is 10.1. The maximum absolute atomic E-state index is 13.1. The SMILES string of the molecule is Cc1ccc(C(C)NC(=O)Cn2cc(-c3noc(-c4ccc(F)cc4)n3)nc2C)cc1. The van der Waals surface area contributed by atoms with Gasteiger partial charge in [-0.15, -0.1) is 0 Å².